The Balaban J connectivity index is 1.68. The van der Waals surface area contributed by atoms with Crippen LogP contribution in [0.15, 0.2) is 57.9 Å². The van der Waals surface area contributed by atoms with E-state index in [-0.39, 0.29) is 12.5 Å². The molecule has 9 heteroatoms. The molecule has 0 spiro atoms. The summed E-state index contributed by atoms with van der Waals surface area (Å²) in [6.07, 6.45) is 1.45. The van der Waals surface area contributed by atoms with Gasteiger partial charge in [0, 0.05) is 5.38 Å². The van der Waals surface area contributed by atoms with Crippen molar-refractivity contribution in [3.05, 3.63) is 79.6 Å². The van der Waals surface area contributed by atoms with Gasteiger partial charge >= 0.3 is 0 Å². The summed E-state index contributed by atoms with van der Waals surface area (Å²) in [5.74, 6) is 0.829. The fourth-order valence-electron chi connectivity index (χ4n) is 2.70. The number of nitro groups is 1. The molecular formula is C19H16N4O4S. The maximum Gasteiger partial charge on any atom is 0.282 e. The van der Waals surface area contributed by atoms with Crippen molar-refractivity contribution in [3.63, 3.8) is 0 Å². The summed E-state index contributed by atoms with van der Waals surface area (Å²) in [4.78, 5) is 16.3. The van der Waals surface area contributed by atoms with E-state index in [0.29, 0.717) is 28.4 Å². The average molecular weight is 396 g/mol. The van der Waals surface area contributed by atoms with Gasteiger partial charge in [-0.2, -0.15) is 5.10 Å². The normalized spacial score (nSPS) is 13.4. The van der Waals surface area contributed by atoms with Gasteiger partial charge < -0.3 is 9.47 Å². The topological polar surface area (TPSA) is 91.2 Å². The minimum Gasteiger partial charge on any atom is -0.454 e. The molecule has 0 atom stereocenters. The second kappa shape index (κ2) is 7.65. The van der Waals surface area contributed by atoms with Crippen molar-refractivity contribution in [2.75, 3.05) is 6.79 Å². The molecule has 0 saturated heterocycles. The second-order valence-electron chi connectivity index (χ2n) is 6.04. The first kappa shape index (κ1) is 17.9. The molecule has 0 amide bonds. The van der Waals surface area contributed by atoms with Crippen molar-refractivity contribution in [3.8, 4) is 11.5 Å². The van der Waals surface area contributed by atoms with E-state index < -0.39 is 4.92 Å². The Morgan fingerprint density at radius 1 is 1.25 bits per heavy atom. The second-order valence-corrected chi connectivity index (χ2v) is 6.88. The zero-order valence-electron chi connectivity index (χ0n) is 14.9. The van der Waals surface area contributed by atoms with Gasteiger partial charge in [-0.15, -0.1) is 11.3 Å². The number of nitro benzene ring substituents is 1. The Morgan fingerprint density at radius 3 is 2.75 bits per heavy atom. The van der Waals surface area contributed by atoms with Crippen molar-refractivity contribution in [2.24, 2.45) is 10.1 Å². The van der Waals surface area contributed by atoms with E-state index in [0.717, 1.165) is 11.3 Å². The van der Waals surface area contributed by atoms with Gasteiger partial charge in [0.15, 0.2) is 11.5 Å². The number of rotatable bonds is 5. The molecule has 0 saturated carbocycles. The SMILES string of the molecule is Cc1csc(=NCc2ccccc2)n1N=Cc1cc2c(cc1[N+](=O)[O-])OCO2. The molecule has 1 aliphatic rings. The van der Waals surface area contributed by atoms with Crippen LogP contribution in [0.5, 0.6) is 11.5 Å². The summed E-state index contributed by atoms with van der Waals surface area (Å²) < 4.78 is 12.2. The summed E-state index contributed by atoms with van der Waals surface area (Å²) in [6.45, 7) is 2.48. The molecule has 0 fully saturated rings. The number of hydrogen-bond donors (Lipinski definition) is 0. The van der Waals surface area contributed by atoms with E-state index in [1.165, 1.54) is 23.6 Å². The van der Waals surface area contributed by atoms with Crippen molar-refractivity contribution in [1.82, 2.24) is 4.68 Å². The Hall–Kier alpha value is -3.46. The van der Waals surface area contributed by atoms with Crippen molar-refractivity contribution in [2.45, 2.75) is 13.5 Å². The minimum atomic E-state index is -0.463. The monoisotopic (exact) mass is 396 g/mol. The van der Waals surface area contributed by atoms with Gasteiger partial charge in [-0.25, -0.2) is 4.68 Å². The van der Waals surface area contributed by atoms with E-state index >= 15 is 0 Å². The predicted molar refractivity (Wildman–Crippen MR) is 105 cm³/mol. The maximum atomic E-state index is 11.4. The lowest BCUT2D eigenvalue weighted by atomic mass is 10.1. The number of aromatic nitrogens is 1. The molecule has 2 aromatic carbocycles. The van der Waals surface area contributed by atoms with Crippen LogP contribution in [0.1, 0.15) is 16.8 Å². The molecule has 142 valence electrons. The summed E-state index contributed by atoms with van der Waals surface area (Å²) in [7, 11) is 0. The zero-order valence-corrected chi connectivity index (χ0v) is 15.8. The van der Waals surface area contributed by atoms with E-state index in [9.17, 15) is 10.1 Å². The highest BCUT2D eigenvalue weighted by atomic mass is 32.1. The van der Waals surface area contributed by atoms with Gasteiger partial charge in [-0.05, 0) is 18.6 Å². The molecule has 0 N–H and O–H groups in total. The maximum absolute atomic E-state index is 11.4. The lowest BCUT2D eigenvalue weighted by Gasteiger charge is -2.02. The smallest absolute Gasteiger partial charge is 0.282 e. The third kappa shape index (κ3) is 3.65. The first-order chi connectivity index (χ1) is 13.6. The Bertz CT molecular complexity index is 1120. The predicted octanol–water partition coefficient (Wildman–Crippen LogP) is 3.48. The molecule has 2 heterocycles. The average Bonchev–Trinajstić information content (AvgIpc) is 3.30. The van der Waals surface area contributed by atoms with Crippen molar-refractivity contribution in [1.29, 1.82) is 0 Å². The summed E-state index contributed by atoms with van der Waals surface area (Å²) in [5, 5.41) is 17.8. The fourth-order valence-corrected chi connectivity index (χ4v) is 3.51. The fraction of sp³-hybridized carbons (Fsp3) is 0.158. The molecule has 1 aromatic heterocycles. The first-order valence-corrected chi connectivity index (χ1v) is 9.34. The number of hydrogen-bond acceptors (Lipinski definition) is 7. The molecule has 0 unspecified atom stereocenters. The molecule has 3 aromatic rings. The number of ether oxygens (including phenoxy) is 2. The molecule has 0 bridgehead atoms. The molecule has 28 heavy (non-hydrogen) atoms. The van der Waals surface area contributed by atoms with E-state index in [1.54, 1.807) is 10.7 Å². The first-order valence-electron chi connectivity index (χ1n) is 8.46. The molecule has 8 nitrogen and oxygen atoms in total. The van der Waals surface area contributed by atoms with Crippen molar-refractivity contribution < 1.29 is 14.4 Å². The summed E-state index contributed by atoms with van der Waals surface area (Å²) in [5.41, 5.74) is 2.22. The van der Waals surface area contributed by atoms with Crippen LogP contribution in [0, 0.1) is 17.0 Å². The number of nitrogens with zero attached hydrogens (tertiary/aromatic N) is 4. The van der Waals surface area contributed by atoms with Crippen LogP contribution in [-0.4, -0.2) is 22.6 Å². The lowest BCUT2D eigenvalue weighted by Crippen LogP contribution is -2.12. The standard InChI is InChI=1S/C19H16N4O4S/c1-13-11-28-19(20-9-14-5-3-2-4-6-14)22(13)21-10-15-7-17-18(27-12-26-17)8-16(15)23(24)25/h2-8,10-11H,9,12H2,1H3. The molecule has 0 aliphatic carbocycles. The largest absolute Gasteiger partial charge is 0.454 e. The Kier molecular flexibility index (Phi) is 4.90. The van der Waals surface area contributed by atoms with Crippen molar-refractivity contribution >= 4 is 23.2 Å². The zero-order chi connectivity index (χ0) is 19.5. The van der Waals surface area contributed by atoms with Crippen LogP contribution >= 0.6 is 11.3 Å². The highest BCUT2D eigenvalue weighted by molar-refractivity contribution is 7.07. The molecule has 4 rings (SSSR count). The van der Waals surface area contributed by atoms with Crippen LogP contribution in [0.25, 0.3) is 0 Å². The number of fused-ring (bicyclic) bond motifs is 1. The Morgan fingerprint density at radius 2 is 2.00 bits per heavy atom. The quantitative estimate of drug-likeness (QED) is 0.375. The Labute approximate surface area is 164 Å². The summed E-state index contributed by atoms with van der Waals surface area (Å²) in [6, 6.07) is 12.8. The van der Waals surface area contributed by atoms with Gasteiger partial charge in [-0.3, -0.25) is 15.1 Å². The van der Waals surface area contributed by atoms with Gasteiger partial charge in [0.1, 0.15) is 0 Å². The van der Waals surface area contributed by atoms with Crippen LogP contribution in [0.3, 0.4) is 0 Å². The third-order valence-electron chi connectivity index (χ3n) is 4.12. The van der Waals surface area contributed by atoms with Crippen LogP contribution in [0.4, 0.5) is 5.69 Å². The van der Waals surface area contributed by atoms with Gasteiger partial charge in [0.2, 0.25) is 11.6 Å². The summed E-state index contributed by atoms with van der Waals surface area (Å²) >= 11 is 1.47. The molecule has 1 aliphatic heterocycles. The molecular weight excluding hydrogens is 380 g/mol. The van der Waals surface area contributed by atoms with E-state index in [2.05, 4.69) is 10.1 Å². The highest BCUT2D eigenvalue weighted by Crippen LogP contribution is 2.37. The van der Waals surface area contributed by atoms with Gasteiger partial charge in [0.05, 0.1) is 35.0 Å². The van der Waals surface area contributed by atoms with E-state index in [1.807, 2.05) is 42.6 Å². The van der Waals surface area contributed by atoms with Gasteiger partial charge in [-0.1, -0.05) is 30.3 Å². The number of thiazole rings is 1. The minimum absolute atomic E-state index is 0.0496. The van der Waals surface area contributed by atoms with Gasteiger partial charge in [0.25, 0.3) is 5.69 Å². The third-order valence-corrected chi connectivity index (χ3v) is 5.09. The lowest BCUT2D eigenvalue weighted by molar-refractivity contribution is -0.385. The number of aryl methyl sites for hydroxylation is 1. The van der Waals surface area contributed by atoms with Crippen LogP contribution in [-0.2, 0) is 6.54 Å². The van der Waals surface area contributed by atoms with E-state index in [4.69, 9.17) is 9.47 Å². The van der Waals surface area contributed by atoms with Crippen LogP contribution in [0.2, 0.25) is 0 Å². The van der Waals surface area contributed by atoms with Crippen LogP contribution < -0.4 is 14.3 Å². The number of benzene rings is 2. The molecule has 0 radical (unpaired) electrons. The highest BCUT2D eigenvalue weighted by Gasteiger charge is 2.22.